The van der Waals surface area contributed by atoms with Gasteiger partial charge in [0.1, 0.15) is 17.1 Å². The van der Waals surface area contributed by atoms with Crippen molar-refractivity contribution in [3.63, 3.8) is 0 Å². The van der Waals surface area contributed by atoms with Gasteiger partial charge in [0.05, 0.1) is 13.7 Å². The van der Waals surface area contributed by atoms with Gasteiger partial charge in [-0.05, 0) is 32.4 Å². The van der Waals surface area contributed by atoms with Gasteiger partial charge in [-0.3, -0.25) is 0 Å². The molecule has 0 unspecified atom stereocenters. The summed E-state index contributed by atoms with van der Waals surface area (Å²) in [4.78, 5) is 11.4. The molecule has 0 bridgehead atoms. The van der Waals surface area contributed by atoms with Crippen LogP contribution in [0.3, 0.4) is 0 Å². The van der Waals surface area contributed by atoms with Gasteiger partial charge in [-0.25, -0.2) is 4.79 Å². The lowest BCUT2D eigenvalue weighted by Crippen LogP contribution is -2.16. The molecule has 0 aliphatic heterocycles. The molecule has 0 saturated carbocycles. The normalized spacial score (nSPS) is 10.8. The second kappa shape index (κ2) is 9.55. The number of unbranched alkanes of at least 4 members (excludes halogenated alkanes) is 1. The van der Waals surface area contributed by atoms with E-state index in [-0.39, 0.29) is 5.97 Å². The molecular formula is C15H25NO4. The quantitative estimate of drug-likeness (QED) is 0.528. The molecule has 1 aromatic rings. The van der Waals surface area contributed by atoms with Gasteiger partial charge in [-0.1, -0.05) is 13.3 Å². The van der Waals surface area contributed by atoms with Gasteiger partial charge in [-0.15, -0.1) is 0 Å². The first-order chi connectivity index (χ1) is 9.69. The maximum atomic E-state index is 11.4. The lowest BCUT2D eigenvalue weighted by atomic mass is 10.2. The van der Waals surface area contributed by atoms with Crippen LogP contribution in [-0.2, 0) is 16.0 Å². The number of hydrogen-bond acceptors (Lipinski definition) is 5. The summed E-state index contributed by atoms with van der Waals surface area (Å²) in [6.45, 7) is 7.00. The average molecular weight is 283 g/mol. The van der Waals surface area contributed by atoms with Gasteiger partial charge >= 0.3 is 5.97 Å². The Morgan fingerprint density at radius 3 is 2.80 bits per heavy atom. The second-order valence-corrected chi connectivity index (χ2v) is 4.67. The molecule has 5 heteroatoms. The van der Waals surface area contributed by atoms with E-state index in [9.17, 15) is 4.79 Å². The Morgan fingerprint density at radius 1 is 1.35 bits per heavy atom. The summed E-state index contributed by atoms with van der Waals surface area (Å²) in [5.41, 5.74) is 0.493. The number of esters is 1. The van der Waals surface area contributed by atoms with E-state index in [1.54, 1.807) is 13.0 Å². The van der Waals surface area contributed by atoms with E-state index in [2.05, 4.69) is 17.0 Å². The Bertz CT molecular complexity index is 401. The molecule has 114 valence electrons. The Kier molecular flexibility index (Phi) is 7.99. The molecule has 1 aromatic heterocycles. The van der Waals surface area contributed by atoms with Crippen LogP contribution in [0.4, 0.5) is 0 Å². The lowest BCUT2D eigenvalue weighted by Gasteiger charge is -2.04. The minimum Gasteiger partial charge on any atom is -0.465 e. The fraction of sp³-hybridized carbons (Fsp3) is 0.667. The van der Waals surface area contributed by atoms with E-state index in [0.29, 0.717) is 17.9 Å². The number of methoxy groups -OCH3 is 1. The lowest BCUT2D eigenvalue weighted by molar-refractivity contribution is 0.0599. The maximum absolute atomic E-state index is 11.4. The topological polar surface area (TPSA) is 60.7 Å². The first-order valence-electron chi connectivity index (χ1n) is 7.15. The maximum Gasteiger partial charge on any atom is 0.341 e. The first-order valence-corrected chi connectivity index (χ1v) is 7.15. The molecule has 0 aliphatic carbocycles. The molecule has 5 nitrogen and oxygen atoms in total. The largest absolute Gasteiger partial charge is 0.465 e. The number of carbonyl (C=O) groups is 1. The number of nitrogens with one attached hydrogen (secondary N) is 1. The van der Waals surface area contributed by atoms with Crippen molar-refractivity contribution in [1.29, 1.82) is 0 Å². The number of hydrogen-bond donors (Lipinski definition) is 1. The van der Waals surface area contributed by atoms with Crippen molar-refractivity contribution in [3.05, 3.63) is 23.2 Å². The second-order valence-electron chi connectivity index (χ2n) is 4.67. The minimum absolute atomic E-state index is 0.359. The molecule has 20 heavy (non-hydrogen) atoms. The average Bonchev–Trinajstić information content (AvgIpc) is 2.82. The number of rotatable bonds is 10. The van der Waals surface area contributed by atoms with E-state index in [1.165, 1.54) is 13.5 Å². The summed E-state index contributed by atoms with van der Waals surface area (Å²) >= 11 is 0. The van der Waals surface area contributed by atoms with Gasteiger partial charge < -0.3 is 19.2 Å². The molecule has 0 aromatic carbocycles. The van der Waals surface area contributed by atoms with Crippen LogP contribution in [0.2, 0.25) is 0 Å². The zero-order valence-electron chi connectivity index (χ0n) is 12.7. The van der Waals surface area contributed by atoms with Crippen LogP contribution in [-0.4, -0.2) is 32.8 Å². The van der Waals surface area contributed by atoms with Gasteiger partial charge in [-0.2, -0.15) is 0 Å². The molecule has 0 saturated heterocycles. The summed E-state index contributed by atoms with van der Waals surface area (Å²) in [5.74, 6) is 0.980. The highest BCUT2D eigenvalue weighted by Crippen LogP contribution is 2.15. The zero-order chi connectivity index (χ0) is 14.8. The predicted octanol–water partition coefficient (Wildman–Crippen LogP) is 2.67. The van der Waals surface area contributed by atoms with Gasteiger partial charge in [0, 0.05) is 13.2 Å². The van der Waals surface area contributed by atoms with E-state index in [0.717, 1.165) is 38.4 Å². The smallest absolute Gasteiger partial charge is 0.341 e. The van der Waals surface area contributed by atoms with Crippen LogP contribution in [0.15, 0.2) is 10.5 Å². The summed E-state index contributed by atoms with van der Waals surface area (Å²) in [6.07, 6.45) is 3.25. The summed E-state index contributed by atoms with van der Waals surface area (Å²) in [5, 5.41) is 3.26. The summed E-state index contributed by atoms with van der Waals surface area (Å²) in [6, 6.07) is 1.73. The van der Waals surface area contributed by atoms with Crippen LogP contribution < -0.4 is 5.32 Å². The third-order valence-corrected chi connectivity index (χ3v) is 2.96. The SMILES string of the molecule is CCCCOCCCNCc1cc(C(=O)OC)c(C)o1. The fourth-order valence-electron chi connectivity index (χ4n) is 1.80. The number of carbonyl (C=O) groups excluding carboxylic acids is 1. The van der Waals surface area contributed by atoms with Crippen LogP contribution in [0.25, 0.3) is 0 Å². The van der Waals surface area contributed by atoms with Crippen LogP contribution >= 0.6 is 0 Å². The highest BCUT2D eigenvalue weighted by molar-refractivity contribution is 5.90. The molecule has 1 rings (SSSR count). The van der Waals surface area contributed by atoms with E-state index >= 15 is 0 Å². The third kappa shape index (κ3) is 5.75. The summed E-state index contributed by atoms with van der Waals surface area (Å²) in [7, 11) is 1.37. The van der Waals surface area contributed by atoms with Crippen molar-refractivity contribution in [1.82, 2.24) is 5.32 Å². The Hall–Kier alpha value is -1.33. The molecule has 0 spiro atoms. The number of aryl methyl sites for hydroxylation is 1. The zero-order valence-corrected chi connectivity index (χ0v) is 12.7. The van der Waals surface area contributed by atoms with Crippen LogP contribution in [0.5, 0.6) is 0 Å². The number of ether oxygens (including phenoxy) is 2. The van der Waals surface area contributed by atoms with Crippen LogP contribution in [0.1, 0.15) is 48.1 Å². The Balaban J connectivity index is 2.18. The molecule has 0 fully saturated rings. The van der Waals surface area contributed by atoms with E-state index in [1.807, 2.05) is 0 Å². The molecule has 1 heterocycles. The Labute approximate surface area is 120 Å². The van der Waals surface area contributed by atoms with Gasteiger partial charge in [0.25, 0.3) is 0 Å². The predicted molar refractivity (Wildman–Crippen MR) is 76.8 cm³/mol. The monoisotopic (exact) mass is 283 g/mol. The third-order valence-electron chi connectivity index (χ3n) is 2.96. The van der Waals surface area contributed by atoms with Crippen molar-refractivity contribution in [2.75, 3.05) is 26.9 Å². The molecule has 0 aliphatic rings. The van der Waals surface area contributed by atoms with Crippen molar-refractivity contribution >= 4 is 5.97 Å². The molecule has 1 N–H and O–H groups in total. The fourth-order valence-corrected chi connectivity index (χ4v) is 1.80. The standard InChI is InChI=1S/C15H25NO4/c1-4-5-8-19-9-6-7-16-11-13-10-14(12(2)20-13)15(17)18-3/h10,16H,4-9,11H2,1-3H3. The number of furan rings is 1. The molecule has 0 atom stereocenters. The van der Waals surface area contributed by atoms with Gasteiger partial charge in [0.15, 0.2) is 0 Å². The van der Waals surface area contributed by atoms with Crippen molar-refractivity contribution in [3.8, 4) is 0 Å². The molecule has 0 amide bonds. The van der Waals surface area contributed by atoms with Crippen molar-refractivity contribution < 1.29 is 18.7 Å². The Morgan fingerprint density at radius 2 is 2.10 bits per heavy atom. The molecular weight excluding hydrogens is 258 g/mol. The van der Waals surface area contributed by atoms with Gasteiger partial charge in [0.2, 0.25) is 0 Å². The summed E-state index contributed by atoms with van der Waals surface area (Å²) < 4.78 is 15.7. The van der Waals surface area contributed by atoms with Crippen LogP contribution in [0, 0.1) is 6.92 Å². The van der Waals surface area contributed by atoms with Crippen molar-refractivity contribution in [2.45, 2.75) is 39.7 Å². The van der Waals surface area contributed by atoms with E-state index < -0.39 is 0 Å². The minimum atomic E-state index is -0.359. The highest BCUT2D eigenvalue weighted by Gasteiger charge is 2.14. The first kappa shape index (κ1) is 16.7. The van der Waals surface area contributed by atoms with Crippen molar-refractivity contribution in [2.24, 2.45) is 0 Å². The highest BCUT2D eigenvalue weighted by atomic mass is 16.5. The molecule has 0 radical (unpaired) electrons. The van der Waals surface area contributed by atoms with E-state index in [4.69, 9.17) is 9.15 Å².